The fraction of sp³-hybridized carbons (Fsp3) is 0.200. The molecule has 0 radical (unpaired) electrons. The maximum Gasteiger partial charge on any atom is 0.338 e. The molecule has 0 spiro atoms. The van der Waals surface area contributed by atoms with Gasteiger partial charge in [0.2, 0.25) is 5.91 Å². The van der Waals surface area contributed by atoms with E-state index in [-0.39, 0.29) is 36.2 Å². The number of Topliss-reactive ketones (excluding diaryl/α,β-unsaturated/α-hetero) is 1. The van der Waals surface area contributed by atoms with Crippen LogP contribution in [-0.2, 0) is 20.7 Å². The lowest BCUT2D eigenvalue weighted by atomic mass is 10.1. The lowest BCUT2D eigenvalue weighted by molar-refractivity contribution is -0.121. The smallest absolute Gasteiger partial charge is 0.338 e. The Balaban J connectivity index is 1.15. The van der Waals surface area contributed by atoms with Crippen molar-refractivity contribution in [1.82, 2.24) is 10.3 Å². The molecule has 1 saturated heterocycles. The number of hydrogen-bond donors (Lipinski definition) is 2. The van der Waals surface area contributed by atoms with Gasteiger partial charge >= 0.3 is 5.97 Å². The molecule has 1 atom stereocenters. The van der Waals surface area contributed by atoms with Gasteiger partial charge in [-0.1, -0.05) is 48.0 Å². The van der Waals surface area contributed by atoms with Crippen molar-refractivity contribution in [2.75, 3.05) is 18.1 Å². The molecule has 2 amide bonds. The molecule has 1 unspecified atom stereocenters. The topological polar surface area (TPSA) is 109 Å². The number of para-hydroxylation sites is 1. The van der Waals surface area contributed by atoms with E-state index in [2.05, 4.69) is 16.4 Å². The van der Waals surface area contributed by atoms with Crippen molar-refractivity contribution in [3.63, 3.8) is 0 Å². The Labute approximate surface area is 219 Å². The zero-order chi connectivity index (χ0) is 26.6. The molecule has 1 fully saturated rings. The molecule has 1 aromatic heterocycles. The highest BCUT2D eigenvalue weighted by molar-refractivity contribution is 6.22. The number of carbonyl (C=O) groups is 4. The van der Waals surface area contributed by atoms with Crippen LogP contribution in [0.1, 0.15) is 38.3 Å². The van der Waals surface area contributed by atoms with E-state index in [4.69, 9.17) is 4.74 Å². The number of benzene rings is 3. The van der Waals surface area contributed by atoms with Gasteiger partial charge in [0.05, 0.1) is 23.7 Å². The average Bonchev–Trinajstić information content (AvgIpc) is 3.47. The minimum atomic E-state index is -0.659. The Morgan fingerprint density at radius 3 is 2.45 bits per heavy atom. The molecule has 5 rings (SSSR count). The number of fused-ring (bicyclic) bond motifs is 1. The number of ketones is 1. The second kappa shape index (κ2) is 10.8. The number of H-pyrrole nitrogens is 1. The van der Waals surface area contributed by atoms with Crippen LogP contribution in [-0.4, -0.2) is 47.7 Å². The number of rotatable bonds is 9. The normalized spacial score (nSPS) is 15.3. The molecular weight excluding hydrogens is 482 g/mol. The van der Waals surface area contributed by atoms with Crippen LogP contribution < -0.4 is 10.2 Å². The SMILES string of the molecule is Cc1ccc(C(=O)COC(=O)c2ccc(N3C(=O)CC(NCCc4c[nH]c5ccccc45)C3=O)cc2)cc1. The number of amides is 2. The van der Waals surface area contributed by atoms with Crippen LogP contribution in [0, 0.1) is 6.92 Å². The third-order valence-corrected chi connectivity index (χ3v) is 6.68. The quantitative estimate of drug-likeness (QED) is 0.201. The van der Waals surface area contributed by atoms with Crippen molar-refractivity contribution in [2.45, 2.75) is 25.8 Å². The molecular formula is C30H27N3O5. The monoisotopic (exact) mass is 509 g/mol. The standard InChI is InChI=1S/C30H27N3O5/c1-19-6-8-20(9-7-19)27(34)18-38-30(37)21-10-12-23(13-11-21)33-28(35)16-26(29(33)36)31-15-14-22-17-32-25-5-3-2-4-24(22)25/h2-13,17,26,31-32H,14-16,18H2,1H3. The first-order valence-corrected chi connectivity index (χ1v) is 12.4. The van der Waals surface area contributed by atoms with Gasteiger partial charge in [-0.05, 0) is 49.2 Å². The summed E-state index contributed by atoms with van der Waals surface area (Å²) in [5, 5.41) is 4.35. The molecule has 4 aromatic rings. The first-order valence-electron chi connectivity index (χ1n) is 12.4. The van der Waals surface area contributed by atoms with Crippen molar-refractivity contribution >= 4 is 40.2 Å². The summed E-state index contributed by atoms with van der Waals surface area (Å²) in [6.07, 6.45) is 2.74. The Morgan fingerprint density at radius 2 is 1.68 bits per heavy atom. The van der Waals surface area contributed by atoms with E-state index in [1.54, 1.807) is 12.1 Å². The Hall–Kier alpha value is -4.56. The van der Waals surface area contributed by atoms with Gasteiger partial charge in [-0.15, -0.1) is 0 Å². The van der Waals surface area contributed by atoms with Crippen LogP contribution >= 0.6 is 0 Å². The average molecular weight is 510 g/mol. The number of aryl methyl sites for hydroxylation is 1. The van der Waals surface area contributed by atoms with Crippen LogP contribution in [0.4, 0.5) is 5.69 Å². The zero-order valence-corrected chi connectivity index (χ0v) is 20.9. The second-order valence-corrected chi connectivity index (χ2v) is 9.30. The predicted octanol–water partition coefficient (Wildman–Crippen LogP) is 3.98. The number of esters is 1. The molecule has 3 aromatic carbocycles. The molecule has 1 aliphatic heterocycles. The van der Waals surface area contributed by atoms with E-state index < -0.39 is 12.0 Å². The summed E-state index contributed by atoms with van der Waals surface area (Å²) in [5.74, 6) is -1.59. The second-order valence-electron chi connectivity index (χ2n) is 9.30. The number of anilines is 1. The Kier molecular flexibility index (Phi) is 7.15. The Morgan fingerprint density at radius 1 is 0.974 bits per heavy atom. The van der Waals surface area contributed by atoms with Crippen LogP contribution in [0.25, 0.3) is 10.9 Å². The number of nitrogens with one attached hydrogen (secondary N) is 2. The van der Waals surface area contributed by atoms with Crippen LogP contribution in [0.3, 0.4) is 0 Å². The van der Waals surface area contributed by atoms with E-state index in [0.717, 1.165) is 26.9 Å². The third kappa shape index (κ3) is 5.26. The molecule has 1 aliphatic rings. The van der Waals surface area contributed by atoms with Crippen LogP contribution in [0.15, 0.2) is 79.0 Å². The largest absolute Gasteiger partial charge is 0.454 e. The van der Waals surface area contributed by atoms with Gasteiger partial charge in [-0.25, -0.2) is 9.69 Å². The summed E-state index contributed by atoms with van der Waals surface area (Å²) in [4.78, 5) is 54.7. The number of nitrogens with zero attached hydrogens (tertiary/aromatic N) is 1. The van der Waals surface area contributed by atoms with Gasteiger partial charge in [-0.2, -0.15) is 0 Å². The zero-order valence-electron chi connectivity index (χ0n) is 20.9. The first-order chi connectivity index (χ1) is 18.4. The van der Waals surface area contributed by atoms with Crippen molar-refractivity contribution in [1.29, 1.82) is 0 Å². The van der Waals surface area contributed by atoms with Gasteiger partial charge in [-0.3, -0.25) is 14.4 Å². The Bertz CT molecular complexity index is 1510. The molecule has 0 saturated carbocycles. The number of hydrogen-bond acceptors (Lipinski definition) is 6. The van der Waals surface area contributed by atoms with Gasteiger partial charge in [0, 0.05) is 29.2 Å². The molecule has 2 N–H and O–H groups in total. The van der Waals surface area contributed by atoms with Crippen LogP contribution in [0.2, 0.25) is 0 Å². The summed E-state index contributed by atoms with van der Waals surface area (Å²) in [5.41, 5.74) is 4.30. The lowest BCUT2D eigenvalue weighted by Crippen LogP contribution is -2.39. The van der Waals surface area contributed by atoms with E-state index in [0.29, 0.717) is 24.2 Å². The maximum absolute atomic E-state index is 13.0. The highest BCUT2D eigenvalue weighted by Gasteiger charge is 2.39. The number of ether oxygens (including phenoxy) is 1. The fourth-order valence-electron chi connectivity index (χ4n) is 4.57. The summed E-state index contributed by atoms with van der Waals surface area (Å²) in [6, 6.07) is 20.4. The van der Waals surface area contributed by atoms with E-state index in [1.165, 1.54) is 24.3 Å². The van der Waals surface area contributed by atoms with Gasteiger partial charge < -0.3 is 15.0 Å². The summed E-state index contributed by atoms with van der Waals surface area (Å²) < 4.78 is 5.15. The first kappa shape index (κ1) is 25.1. The lowest BCUT2D eigenvalue weighted by Gasteiger charge is -2.16. The number of aromatic amines is 1. The summed E-state index contributed by atoms with van der Waals surface area (Å²) in [7, 11) is 0. The number of imide groups is 1. The van der Waals surface area contributed by atoms with E-state index >= 15 is 0 Å². The minimum absolute atomic E-state index is 0.0671. The van der Waals surface area contributed by atoms with Crippen molar-refractivity contribution in [3.05, 3.63) is 101 Å². The molecule has 192 valence electrons. The van der Waals surface area contributed by atoms with E-state index in [9.17, 15) is 19.2 Å². The van der Waals surface area contributed by atoms with Gasteiger partial charge in [0.1, 0.15) is 0 Å². The molecule has 0 aliphatic carbocycles. The molecule has 8 nitrogen and oxygen atoms in total. The van der Waals surface area contributed by atoms with E-state index in [1.807, 2.05) is 43.5 Å². The maximum atomic E-state index is 13.0. The van der Waals surface area contributed by atoms with Crippen molar-refractivity contribution in [2.24, 2.45) is 0 Å². The van der Waals surface area contributed by atoms with Crippen molar-refractivity contribution < 1.29 is 23.9 Å². The third-order valence-electron chi connectivity index (χ3n) is 6.68. The highest BCUT2D eigenvalue weighted by atomic mass is 16.5. The molecule has 8 heteroatoms. The highest BCUT2D eigenvalue weighted by Crippen LogP contribution is 2.24. The molecule has 0 bridgehead atoms. The fourth-order valence-corrected chi connectivity index (χ4v) is 4.57. The van der Waals surface area contributed by atoms with Crippen molar-refractivity contribution in [3.8, 4) is 0 Å². The summed E-state index contributed by atoms with van der Waals surface area (Å²) >= 11 is 0. The van der Waals surface area contributed by atoms with Gasteiger partial charge in [0.15, 0.2) is 12.4 Å². The number of aromatic nitrogens is 1. The minimum Gasteiger partial charge on any atom is -0.454 e. The summed E-state index contributed by atoms with van der Waals surface area (Å²) in [6.45, 7) is 2.09. The van der Waals surface area contributed by atoms with Gasteiger partial charge in [0.25, 0.3) is 5.91 Å². The number of carbonyl (C=O) groups excluding carboxylic acids is 4. The van der Waals surface area contributed by atoms with Crippen LogP contribution in [0.5, 0.6) is 0 Å². The molecule has 38 heavy (non-hydrogen) atoms. The molecule has 2 heterocycles. The predicted molar refractivity (Wildman–Crippen MR) is 143 cm³/mol.